The Kier molecular flexibility index (Phi) is 10.2. The average Bonchev–Trinajstić information content (AvgIpc) is 2.87. The standard InChI is InChI=1S/C26H33NO8/c1-17(25(30)31-3)34-24-22(27-18(2)28)26(33-15-20-12-8-5-9-13-20)35-21(23(24)29)16-32-14-19-10-6-4-7-11-19/h4-13,17,21-24,26,29H,14-16H2,1-3H3,(H,27,28)/t17-,21-,22+,23-,24-,26+/m1/s1. The van der Waals surface area contributed by atoms with Gasteiger partial charge in [-0.25, -0.2) is 4.79 Å². The van der Waals surface area contributed by atoms with E-state index in [9.17, 15) is 14.7 Å². The van der Waals surface area contributed by atoms with Gasteiger partial charge in [0, 0.05) is 6.92 Å². The lowest BCUT2D eigenvalue weighted by atomic mass is 9.96. The normalized spacial score (nSPS) is 25.0. The molecular weight excluding hydrogens is 454 g/mol. The molecule has 0 aromatic heterocycles. The summed E-state index contributed by atoms with van der Waals surface area (Å²) in [7, 11) is 1.25. The van der Waals surface area contributed by atoms with E-state index >= 15 is 0 Å². The number of carbonyl (C=O) groups is 2. The van der Waals surface area contributed by atoms with Crippen molar-refractivity contribution in [3.8, 4) is 0 Å². The third-order valence-electron chi connectivity index (χ3n) is 5.59. The van der Waals surface area contributed by atoms with Crippen LogP contribution >= 0.6 is 0 Å². The number of methoxy groups -OCH3 is 1. The number of hydrogen-bond acceptors (Lipinski definition) is 8. The van der Waals surface area contributed by atoms with Crippen LogP contribution < -0.4 is 5.32 Å². The van der Waals surface area contributed by atoms with Gasteiger partial charge in [0.05, 0.1) is 26.9 Å². The first kappa shape index (κ1) is 26.8. The molecular formula is C26H33NO8. The van der Waals surface area contributed by atoms with E-state index in [1.165, 1.54) is 21.0 Å². The van der Waals surface area contributed by atoms with E-state index in [2.05, 4.69) is 5.32 Å². The summed E-state index contributed by atoms with van der Waals surface area (Å²) in [6.07, 6.45) is -5.03. The highest BCUT2D eigenvalue weighted by atomic mass is 16.7. The van der Waals surface area contributed by atoms with Gasteiger partial charge < -0.3 is 34.1 Å². The molecule has 0 bridgehead atoms. The highest BCUT2D eigenvalue weighted by Crippen LogP contribution is 2.27. The van der Waals surface area contributed by atoms with Crippen molar-refractivity contribution in [3.63, 3.8) is 0 Å². The minimum Gasteiger partial charge on any atom is -0.467 e. The van der Waals surface area contributed by atoms with Crippen LogP contribution in [-0.4, -0.2) is 67.4 Å². The van der Waals surface area contributed by atoms with Crippen LogP contribution in [0.2, 0.25) is 0 Å². The second-order valence-electron chi connectivity index (χ2n) is 8.32. The van der Waals surface area contributed by atoms with E-state index in [0.717, 1.165) is 11.1 Å². The molecule has 1 heterocycles. The number of aliphatic hydroxyl groups excluding tert-OH is 1. The molecule has 2 aromatic rings. The van der Waals surface area contributed by atoms with Crippen molar-refractivity contribution < 1.29 is 38.4 Å². The van der Waals surface area contributed by atoms with Crippen molar-refractivity contribution in [2.75, 3.05) is 13.7 Å². The lowest BCUT2D eigenvalue weighted by molar-refractivity contribution is -0.286. The topological polar surface area (TPSA) is 113 Å². The fourth-order valence-electron chi connectivity index (χ4n) is 3.82. The molecule has 0 aliphatic carbocycles. The molecule has 190 valence electrons. The third kappa shape index (κ3) is 7.84. The van der Waals surface area contributed by atoms with Crippen LogP contribution in [0.4, 0.5) is 0 Å². The number of amides is 1. The van der Waals surface area contributed by atoms with Crippen LogP contribution in [0.15, 0.2) is 60.7 Å². The Balaban J connectivity index is 1.78. The Bertz CT molecular complexity index is 925. The predicted octanol–water partition coefficient (Wildman–Crippen LogP) is 1.96. The molecule has 9 nitrogen and oxygen atoms in total. The maximum Gasteiger partial charge on any atom is 0.334 e. The molecule has 1 fully saturated rings. The summed E-state index contributed by atoms with van der Waals surface area (Å²) in [5.41, 5.74) is 1.87. The fraction of sp³-hybridized carbons (Fsp3) is 0.462. The van der Waals surface area contributed by atoms with Crippen molar-refractivity contribution in [2.45, 2.75) is 63.8 Å². The lowest BCUT2D eigenvalue weighted by Crippen LogP contribution is -2.66. The van der Waals surface area contributed by atoms with E-state index in [1.54, 1.807) is 0 Å². The average molecular weight is 488 g/mol. The second-order valence-corrected chi connectivity index (χ2v) is 8.32. The Morgan fingerprint density at radius 2 is 1.63 bits per heavy atom. The van der Waals surface area contributed by atoms with Gasteiger partial charge in [0.2, 0.25) is 5.91 Å². The lowest BCUT2D eigenvalue weighted by Gasteiger charge is -2.45. The van der Waals surface area contributed by atoms with E-state index in [0.29, 0.717) is 6.61 Å². The van der Waals surface area contributed by atoms with Crippen LogP contribution in [0.5, 0.6) is 0 Å². The molecule has 1 amide bonds. The molecule has 9 heteroatoms. The van der Waals surface area contributed by atoms with E-state index in [-0.39, 0.29) is 19.1 Å². The Labute approximate surface area is 205 Å². The predicted molar refractivity (Wildman–Crippen MR) is 126 cm³/mol. The molecule has 35 heavy (non-hydrogen) atoms. The van der Waals surface area contributed by atoms with Gasteiger partial charge in [-0.15, -0.1) is 0 Å². The highest BCUT2D eigenvalue weighted by Gasteiger charge is 2.48. The van der Waals surface area contributed by atoms with E-state index in [1.807, 2.05) is 60.7 Å². The number of esters is 1. The summed E-state index contributed by atoms with van der Waals surface area (Å²) >= 11 is 0. The number of nitrogens with one attached hydrogen (secondary N) is 1. The first-order valence-electron chi connectivity index (χ1n) is 11.5. The second kappa shape index (κ2) is 13.3. The summed E-state index contributed by atoms with van der Waals surface area (Å²) in [4.78, 5) is 24.0. The first-order valence-corrected chi connectivity index (χ1v) is 11.5. The fourth-order valence-corrected chi connectivity index (χ4v) is 3.82. The molecule has 3 rings (SSSR count). The van der Waals surface area contributed by atoms with Crippen molar-refractivity contribution >= 4 is 11.9 Å². The molecule has 0 saturated carbocycles. The van der Waals surface area contributed by atoms with Crippen molar-refractivity contribution in [2.24, 2.45) is 0 Å². The summed E-state index contributed by atoms with van der Waals surface area (Å²) in [5, 5.41) is 13.9. The van der Waals surface area contributed by atoms with E-state index < -0.39 is 42.7 Å². The van der Waals surface area contributed by atoms with Crippen LogP contribution in [0, 0.1) is 0 Å². The zero-order chi connectivity index (χ0) is 25.2. The van der Waals surface area contributed by atoms with Gasteiger partial charge >= 0.3 is 5.97 Å². The summed E-state index contributed by atoms with van der Waals surface area (Å²) in [6.45, 7) is 3.42. The van der Waals surface area contributed by atoms with Crippen LogP contribution in [0.1, 0.15) is 25.0 Å². The van der Waals surface area contributed by atoms with Crippen LogP contribution in [0.3, 0.4) is 0 Å². The Morgan fingerprint density at radius 1 is 1.03 bits per heavy atom. The van der Waals surface area contributed by atoms with Gasteiger partial charge in [-0.05, 0) is 18.1 Å². The maximum atomic E-state index is 12.0. The first-order chi connectivity index (χ1) is 16.9. The van der Waals surface area contributed by atoms with Gasteiger partial charge in [0.1, 0.15) is 24.4 Å². The molecule has 2 aromatic carbocycles. The van der Waals surface area contributed by atoms with Crippen LogP contribution in [0.25, 0.3) is 0 Å². The number of carbonyl (C=O) groups excluding carboxylic acids is 2. The molecule has 0 radical (unpaired) electrons. The largest absolute Gasteiger partial charge is 0.467 e. The zero-order valence-electron chi connectivity index (χ0n) is 20.2. The molecule has 1 saturated heterocycles. The Morgan fingerprint density at radius 3 is 2.20 bits per heavy atom. The van der Waals surface area contributed by atoms with Gasteiger partial charge in [-0.1, -0.05) is 60.7 Å². The molecule has 2 N–H and O–H groups in total. The van der Waals surface area contributed by atoms with Crippen molar-refractivity contribution in [3.05, 3.63) is 71.8 Å². The van der Waals surface area contributed by atoms with Gasteiger partial charge in [-0.3, -0.25) is 4.79 Å². The third-order valence-corrected chi connectivity index (χ3v) is 5.59. The minimum absolute atomic E-state index is 0.0422. The number of rotatable bonds is 11. The SMILES string of the molecule is COC(=O)[C@@H](C)O[C@H]1[C@H](O)[C@@H](COCc2ccccc2)O[C@H](OCc2ccccc2)[C@H]1NC(C)=O. The monoisotopic (exact) mass is 487 g/mol. The van der Waals surface area contributed by atoms with Gasteiger partial charge in [0.15, 0.2) is 12.4 Å². The van der Waals surface area contributed by atoms with Crippen LogP contribution in [-0.2, 0) is 46.5 Å². The van der Waals surface area contributed by atoms with Gasteiger partial charge in [-0.2, -0.15) is 0 Å². The summed E-state index contributed by atoms with van der Waals surface area (Å²) < 4.78 is 28.5. The van der Waals surface area contributed by atoms with Gasteiger partial charge in [0.25, 0.3) is 0 Å². The Hall–Kier alpha value is -2.82. The quantitative estimate of drug-likeness (QED) is 0.463. The number of benzene rings is 2. The number of hydrogen-bond donors (Lipinski definition) is 2. The maximum absolute atomic E-state index is 12.0. The van der Waals surface area contributed by atoms with E-state index in [4.69, 9.17) is 23.7 Å². The summed E-state index contributed by atoms with van der Waals surface area (Å²) in [6, 6.07) is 18.2. The molecule has 0 unspecified atom stereocenters. The highest BCUT2D eigenvalue weighted by molar-refractivity contribution is 5.74. The number of aliphatic hydroxyl groups is 1. The molecule has 6 atom stereocenters. The minimum atomic E-state index is -1.22. The molecule has 1 aliphatic heterocycles. The zero-order valence-corrected chi connectivity index (χ0v) is 20.2. The van der Waals surface area contributed by atoms with Crippen molar-refractivity contribution in [1.82, 2.24) is 5.32 Å². The van der Waals surface area contributed by atoms with Crippen molar-refractivity contribution in [1.29, 1.82) is 0 Å². The summed E-state index contributed by atoms with van der Waals surface area (Å²) in [5.74, 6) is -0.971. The smallest absolute Gasteiger partial charge is 0.334 e. The number of ether oxygens (including phenoxy) is 5. The molecule has 0 spiro atoms. The molecule has 1 aliphatic rings.